The molecule has 0 spiro atoms. The summed E-state index contributed by atoms with van der Waals surface area (Å²) in [6, 6.07) is 8.23. The molecule has 2 heterocycles. The summed E-state index contributed by atoms with van der Waals surface area (Å²) >= 11 is 0. The Labute approximate surface area is 124 Å². The third kappa shape index (κ3) is 2.63. The second kappa shape index (κ2) is 5.45. The van der Waals surface area contributed by atoms with Crippen molar-refractivity contribution in [3.05, 3.63) is 43.0 Å². The van der Waals surface area contributed by atoms with Crippen molar-refractivity contribution in [2.24, 2.45) is 11.8 Å². The highest BCUT2D eigenvalue weighted by Gasteiger charge is 2.38. The van der Waals surface area contributed by atoms with E-state index in [2.05, 4.69) is 27.4 Å². The van der Waals surface area contributed by atoms with Gasteiger partial charge in [0, 0.05) is 18.0 Å². The monoisotopic (exact) mass is 281 g/mol. The molecule has 1 aromatic heterocycles. The highest BCUT2D eigenvalue weighted by Crippen LogP contribution is 2.37. The van der Waals surface area contributed by atoms with Gasteiger partial charge in [-0.3, -0.25) is 0 Å². The van der Waals surface area contributed by atoms with Crippen LogP contribution in [0.5, 0.6) is 5.75 Å². The zero-order valence-electron chi connectivity index (χ0n) is 11.9. The van der Waals surface area contributed by atoms with Gasteiger partial charge in [0.15, 0.2) is 0 Å². The molecule has 2 aromatic rings. The molecule has 4 rings (SSSR count). The molecule has 1 saturated carbocycles. The lowest BCUT2D eigenvalue weighted by molar-refractivity contribution is 0.199. The first-order valence-corrected chi connectivity index (χ1v) is 7.61. The van der Waals surface area contributed by atoms with Crippen molar-refractivity contribution < 1.29 is 4.74 Å². The minimum atomic E-state index is 0.365. The van der Waals surface area contributed by atoms with Gasteiger partial charge in [0.2, 0.25) is 0 Å². The molecule has 1 aliphatic heterocycles. The van der Waals surface area contributed by atoms with Gasteiger partial charge in [0.05, 0.1) is 6.10 Å². The number of nitrogens with zero attached hydrogens (tertiary/aromatic N) is 2. The zero-order valence-corrected chi connectivity index (χ0v) is 11.9. The smallest absolute Gasteiger partial charge is 0.120 e. The first kappa shape index (κ1) is 12.8. The van der Waals surface area contributed by atoms with Gasteiger partial charge in [-0.15, -0.1) is 0 Å². The number of fused-ring (bicyclic) bond motifs is 1. The number of benzene rings is 1. The Morgan fingerprint density at radius 1 is 1.00 bits per heavy atom. The maximum absolute atomic E-state index is 6.21. The van der Waals surface area contributed by atoms with Crippen LogP contribution in [0.3, 0.4) is 0 Å². The average Bonchev–Trinajstić information content (AvgIpc) is 3.10. The van der Waals surface area contributed by atoms with Crippen LogP contribution in [0, 0.1) is 11.8 Å². The third-order valence-corrected chi connectivity index (χ3v) is 4.64. The lowest BCUT2D eigenvalue weighted by Crippen LogP contribution is -2.18. The van der Waals surface area contributed by atoms with Crippen LogP contribution in [0.1, 0.15) is 12.8 Å². The number of nitrogens with one attached hydrogen (secondary N) is 1. The fourth-order valence-corrected chi connectivity index (χ4v) is 3.60. The maximum Gasteiger partial charge on any atom is 0.120 e. The molecule has 4 nitrogen and oxygen atoms in total. The molecule has 21 heavy (non-hydrogen) atoms. The van der Waals surface area contributed by atoms with Gasteiger partial charge in [-0.25, -0.2) is 9.97 Å². The van der Waals surface area contributed by atoms with Crippen LogP contribution in [0.2, 0.25) is 0 Å². The Bertz CT molecular complexity index is 604. The van der Waals surface area contributed by atoms with E-state index < -0.39 is 0 Å². The molecule has 1 N–H and O–H groups in total. The molecular formula is C17H19N3O. The van der Waals surface area contributed by atoms with Crippen LogP contribution in [0.4, 0.5) is 0 Å². The Morgan fingerprint density at radius 3 is 2.52 bits per heavy atom. The number of ether oxygens (including phenoxy) is 1. The second-order valence-corrected chi connectivity index (χ2v) is 6.04. The summed E-state index contributed by atoms with van der Waals surface area (Å²) in [4.78, 5) is 8.15. The van der Waals surface area contributed by atoms with Crippen molar-refractivity contribution in [3.63, 3.8) is 0 Å². The van der Waals surface area contributed by atoms with Crippen molar-refractivity contribution in [3.8, 4) is 16.9 Å². The molecule has 0 bridgehead atoms. The summed E-state index contributed by atoms with van der Waals surface area (Å²) in [6.45, 7) is 2.32. The first-order valence-electron chi connectivity index (χ1n) is 7.61. The molecule has 2 fully saturated rings. The van der Waals surface area contributed by atoms with Crippen molar-refractivity contribution in [1.29, 1.82) is 0 Å². The van der Waals surface area contributed by atoms with Crippen molar-refractivity contribution >= 4 is 0 Å². The largest absolute Gasteiger partial charge is 0.490 e. The van der Waals surface area contributed by atoms with E-state index in [4.69, 9.17) is 4.74 Å². The van der Waals surface area contributed by atoms with Gasteiger partial charge in [0.25, 0.3) is 0 Å². The number of aromatic nitrogens is 2. The van der Waals surface area contributed by atoms with Crippen LogP contribution in [-0.4, -0.2) is 29.2 Å². The van der Waals surface area contributed by atoms with Crippen molar-refractivity contribution in [2.75, 3.05) is 13.1 Å². The topological polar surface area (TPSA) is 47.0 Å². The summed E-state index contributed by atoms with van der Waals surface area (Å²) in [5, 5.41) is 3.47. The Balaban J connectivity index is 1.49. The number of hydrogen-bond donors (Lipinski definition) is 1. The lowest BCUT2D eigenvalue weighted by Gasteiger charge is -2.15. The predicted octanol–water partition coefficient (Wildman–Crippen LogP) is 2.52. The Morgan fingerprint density at radius 2 is 1.76 bits per heavy atom. The molecular weight excluding hydrogens is 262 g/mol. The number of hydrogen-bond acceptors (Lipinski definition) is 4. The van der Waals surface area contributed by atoms with E-state index in [1.807, 2.05) is 24.5 Å². The Kier molecular flexibility index (Phi) is 3.31. The van der Waals surface area contributed by atoms with E-state index in [0.29, 0.717) is 6.10 Å². The van der Waals surface area contributed by atoms with Gasteiger partial charge in [0.1, 0.15) is 12.1 Å². The van der Waals surface area contributed by atoms with E-state index in [9.17, 15) is 0 Å². The molecule has 1 aromatic carbocycles. The molecule has 4 heteroatoms. The molecule has 1 saturated heterocycles. The van der Waals surface area contributed by atoms with Crippen LogP contribution < -0.4 is 10.1 Å². The number of rotatable bonds is 3. The van der Waals surface area contributed by atoms with E-state index in [-0.39, 0.29) is 0 Å². The van der Waals surface area contributed by atoms with Crippen LogP contribution in [0.15, 0.2) is 43.0 Å². The van der Waals surface area contributed by atoms with E-state index >= 15 is 0 Å². The first-order chi connectivity index (χ1) is 10.4. The molecule has 0 amide bonds. The summed E-state index contributed by atoms with van der Waals surface area (Å²) < 4.78 is 6.21. The Hall–Kier alpha value is -1.94. The third-order valence-electron chi connectivity index (χ3n) is 4.64. The maximum atomic E-state index is 6.21. The van der Waals surface area contributed by atoms with E-state index in [0.717, 1.165) is 41.8 Å². The minimum absolute atomic E-state index is 0.365. The fourth-order valence-electron chi connectivity index (χ4n) is 3.60. The molecule has 2 unspecified atom stereocenters. The van der Waals surface area contributed by atoms with Gasteiger partial charge in [-0.2, -0.15) is 0 Å². The van der Waals surface area contributed by atoms with Gasteiger partial charge >= 0.3 is 0 Å². The second-order valence-electron chi connectivity index (χ2n) is 6.04. The quantitative estimate of drug-likeness (QED) is 0.939. The summed E-state index contributed by atoms with van der Waals surface area (Å²) in [6.07, 6.45) is 7.93. The van der Waals surface area contributed by atoms with Crippen LogP contribution in [0.25, 0.3) is 11.1 Å². The van der Waals surface area contributed by atoms with Crippen molar-refractivity contribution in [1.82, 2.24) is 15.3 Å². The van der Waals surface area contributed by atoms with Gasteiger partial charge in [-0.1, -0.05) is 12.1 Å². The molecule has 2 aliphatic rings. The molecule has 0 radical (unpaired) electrons. The molecule has 108 valence electrons. The summed E-state index contributed by atoms with van der Waals surface area (Å²) in [5.41, 5.74) is 2.13. The highest BCUT2D eigenvalue weighted by molar-refractivity contribution is 5.63. The fraction of sp³-hybridized carbons (Fsp3) is 0.412. The summed E-state index contributed by atoms with van der Waals surface area (Å²) in [5.74, 6) is 2.57. The van der Waals surface area contributed by atoms with Gasteiger partial charge in [-0.05, 0) is 55.5 Å². The van der Waals surface area contributed by atoms with Gasteiger partial charge < -0.3 is 10.1 Å². The van der Waals surface area contributed by atoms with Crippen LogP contribution in [-0.2, 0) is 0 Å². The highest BCUT2D eigenvalue weighted by atomic mass is 16.5. The minimum Gasteiger partial charge on any atom is -0.490 e. The SMILES string of the molecule is c1cc(OC2CC3CNCC3C2)cc(-c2cncnc2)c1. The zero-order chi connectivity index (χ0) is 14.1. The van der Waals surface area contributed by atoms with Crippen LogP contribution >= 0.6 is 0 Å². The lowest BCUT2D eigenvalue weighted by atomic mass is 10.0. The van der Waals surface area contributed by atoms with Crippen molar-refractivity contribution in [2.45, 2.75) is 18.9 Å². The molecule has 1 aliphatic carbocycles. The standard InChI is InChI=1S/C17H19N3O/c1-2-12(15-9-19-11-20-10-15)4-16(3-1)21-17-5-13-7-18-8-14(13)6-17/h1-4,9-11,13-14,17-18H,5-8H2. The van der Waals surface area contributed by atoms with E-state index in [1.165, 1.54) is 12.8 Å². The average molecular weight is 281 g/mol. The summed E-state index contributed by atoms with van der Waals surface area (Å²) in [7, 11) is 0. The molecule has 2 atom stereocenters. The normalized spacial score (nSPS) is 27.5. The van der Waals surface area contributed by atoms with E-state index in [1.54, 1.807) is 6.33 Å². The predicted molar refractivity (Wildman–Crippen MR) is 81.0 cm³/mol.